The molecular formula is C18H27NO27S6. The Hall–Kier alpha value is -2.17. The van der Waals surface area contributed by atoms with E-state index >= 15 is 0 Å². The van der Waals surface area contributed by atoms with E-state index in [2.05, 4.69) is 25.1 Å². The summed E-state index contributed by atoms with van der Waals surface area (Å²) in [6.07, 6.45) is -19.1. The van der Waals surface area contributed by atoms with Crippen LogP contribution in [0.1, 0.15) is 12.0 Å². The van der Waals surface area contributed by atoms with Crippen molar-refractivity contribution in [2.75, 3.05) is 13.2 Å². The predicted molar refractivity (Wildman–Crippen MR) is 157 cm³/mol. The van der Waals surface area contributed by atoms with Gasteiger partial charge in [-0.3, -0.25) is 32.1 Å². The Morgan fingerprint density at radius 1 is 0.731 bits per heavy atom. The van der Waals surface area contributed by atoms with E-state index in [9.17, 15) is 73.5 Å². The van der Waals surface area contributed by atoms with Gasteiger partial charge in [0.05, 0.1) is 13.2 Å². The average molecular weight is 882 g/mol. The monoisotopic (exact) mass is 881 g/mol. The zero-order valence-electron chi connectivity index (χ0n) is 25.0. The second-order valence-corrected chi connectivity index (χ2v) is 16.0. The SMILES string of the molecule is O=C(NC[C@H]1O[C@H](OCc2ccccc2)C[C@@H](OS(=O)(=O)O)[C@@H]1OS(=O)(=O)O)[C@H](OS(=O)(=O)O)[C@H](OS(=O)(=O)O)[C@@H](COS(=O)(=O)O)OS(=O)(=O)O. The fourth-order valence-corrected chi connectivity index (χ4v) is 6.83. The van der Waals surface area contributed by atoms with Crippen molar-refractivity contribution in [3.8, 4) is 0 Å². The second-order valence-electron chi connectivity index (χ2n) is 9.64. The molecule has 7 atom stereocenters. The lowest BCUT2D eigenvalue weighted by Crippen LogP contribution is -2.58. The summed E-state index contributed by atoms with van der Waals surface area (Å²) in [6, 6.07) is 7.84. The number of benzene rings is 1. The van der Waals surface area contributed by atoms with E-state index in [0.717, 1.165) is 0 Å². The molecule has 1 aliphatic rings. The molecule has 0 unspecified atom stereocenters. The van der Waals surface area contributed by atoms with E-state index in [1.165, 1.54) is 12.1 Å². The zero-order valence-corrected chi connectivity index (χ0v) is 29.9. The average Bonchev–Trinajstić information content (AvgIpc) is 2.93. The highest BCUT2D eigenvalue weighted by Crippen LogP contribution is 2.29. The number of hydrogen-bond donors (Lipinski definition) is 7. The van der Waals surface area contributed by atoms with Gasteiger partial charge in [-0.15, -0.1) is 0 Å². The molecule has 0 bridgehead atoms. The summed E-state index contributed by atoms with van der Waals surface area (Å²) in [4.78, 5) is 13.3. The van der Waals surface area contributed by atoms with Crippen molar-refractivity contribution in [1.82, 2.24) is 5.32 Å². The van der Waals surface area contributed by atoms with Crippen LogP contribution in [0, 0.1) is 0 Å². The molecule has 0 aromatic heterocycles. The molecule has 1 aromatic rings. The van der Waals surface area contributed by atoms with Crippen LogP contribution in [0.2, 0.25) is 0 Å². The Kier molecular flexibility index (Phi) is 15.9. The lowest BCUT2D eigenvalue weighted by molar-refractivity contribution is -0.244. The first-order chi connectivity index (χ1) is 23.4. The molecule has 2 rings (SSSR count). The molecule has 1 aliphatic heterocycles. The molecule has 0 spiro atoms. The van der Waals surface area contributed by atoms with Crippen LogP contribution in [0.4, 0.5) is 0 Å². The van der Waals surface area contributed by atoms with Gasteiger partial charge >= 0.3 is 62.4 Å². The van der Waals surface area contributed by atoms with Crippen molar-refractivity contribution in [3.05, 3.63) is 35.9 Å². The summed E-state index contributed by atoms with van der Waals surface area (Å²) in [5.41, 5.74) is 0.467. The molecular weight excluding hydrogens is 855 g/mol. The van der Waals surface area contributed by atoms with Gasteiger partial charge in [0.1, 0.15) is 30.5 Å². The van der Waals surface area contributed by atoms with Crippen molar-refractivity contribution in [3.63, 3.8) is 0 Å². The quantitative estimate of drug-likeness (QED) is 0.0582. The molecule has 302 valence electrons. The number of carbonyl (C=O) groups excluding carboxylic acids is 1. The fraction of sp³-hybridized carbons (Fsp3) is 0.611. The Bertz CT molecular complexity index is 2040. The van der Waals surface area contributed by atoms with Crippen LogP contribution in [0.25, 0.3) is 0 Å². The predicted octanol–water partition coefficient (Wildman–Crippen LogP) is -3.81. The van der Waals surface area contributed by atoms with E-state index < -0.39 is 131 Å². The first-order valence-electron chi connectivity index (χ1n) is 12.9. The van der Waals surface area contributed by atoms with Crippen molar-refractivity contribution in [2.45, 2.75) is 55.9 Å². The Balaban J connectivity index is 2.59. The zero-order chi connectivity index (χ0) is 39.9. The highest BCUT2D eigenvalue weighted by Gasteiger charge is 2.48. The maximum absolute atomic E-state index is 13.3. The minimum Gasteiger partial charge on any atom is -0.351 e. The Labute approximate surface area is 294 Å². The van der Waals surface area contributed by atoms with Crippen LogP contribution in [-0.4, -0.2) is 140 Å². The number of ether oxygens (including phenoxy) is 2. The molecule has 0 aliphatic carbocycles. The number of hydrogen-bond acceptors (Lipinski definition) is 21. The summed E-state index contributed by atoms with van der Waals surface area (Å²) >= 11 is 0. The van der Waals surface area contributed by atoms with Crippen molar-refractivity contribution in [2.24, 2.45) is 0 Å². The maximum Gasteiger partial charge on any atom is 0.398 e. The molecule has 52 heavy (non-hydrogen) atoms. The molecule has 1 heterocycles. The highest BCUT2D eigenvalue weighted by molar-refractivity contribution is 7.82. The third-order valence-corrected chi connectivity index (χ3v) is 8.52. The summed E-state index contributed by atoms with van der Waals surface area (Å²) in [6.45, 7) is -3.65. The van der Waals surface area contributed by atoms with Gasteiger partial charge < -0.3 is 14.8 Å². The molecule has 1 saturated heterocycles. The highest BCUT2D eigenvalue weighted by atomic mass is 32.3. The lowest BCUT2D eigenvalue weighted by Gasteiger charge is -2.39. The number of carbonyl (C=O) groups is 1. The standard InChI is InChI=1S/C18H27NO27S6/c20-18(17(46-52(36,37)38)16(45-51(33,34)35)13(43-49(27,28)29)9-40-47(21,22)23)19-7-12-15(44-50(30,31)32)11(42-48(24,25)26)6-14(41-12)39-8-10-4-2-1-3-5-10/h1-5,11-17H,6-9H2,(H,19,20)(H,21,22,23)(H,24,25,26)(H,27,28,29)(H,30,31,32)(H,33,34,35)(H,36,37,38)/t11-,12-,13-,14+,15+,16-,17-/m1/s1. The first kappa shape index (κ1) is 46.0. The van der Waals surface area contributed by atoms with Gasteiger partial charge in [-0.2, -0.15) is 50.5 Å². The number of amides is 1. The van der Waals surface area contributed by atoms with Crippen molar-refractivity contribution in [1.29, 1.82) is 0 Å². The minimum absolute atomic E-state index is 0.313. The van der Waals surface area contributed by atoms with Gasteiger partial charge in [0.15, 0.2) is 12.4 Å². The number of rotatable bonds is 21. The molecule has 1 fully saturated rings. The molecule has 28 nitrogen and oxygen atoms in total. The van der Waals surface area contributed by atoms with E-state index in [0.29, 0.717) is 5.56 Å². The third-order valence-electron chi connectivity index (χ3n) is 5.73. The molecule has 1 aromatic carbocycles. The van der Waals surface area contributed by atoms with E-state index in [4.69, 9.17) is 18.6 Å². The molecule has 34 heteroatoms. The molecule has 0 saturated carbocycles. The summed E-state index contributed by atoms with van der Waals surface area (Å²) in [7, 11) is -34.7. The maximum atomic E-state index is 13.3. The third kappa shape index (κ3) is 18.7. The van der Waals surface area contributed by atoms with Gasteiger partial charge in [0.2, 0.25) is 0 Å². The van der Waals surface area contributed by atoms with Gasteiger partial charge in [-0.25, -0.2) is 25.1 Å². The van der Waals surface area contributed by atoms with Crippen LogP contribution in [0.3, 0.4) is 0 Å². The van der Waals surface area contributed by atoms with Crippen LogP contribution in [-0.2, 0) is 108 Å². The largest absolute Gasteiger partial charge is 0.398 e. The fourth-order valence-electron chi connectivity index (χ4n) is 4.06. The normalized spacial score (nSPS) is 22.7. The summed E-state index contributed by atoms with van der Waals surface area (Å²) in [5, 5.41) is 1.65. The van der Waals surface area contributed by atoms with Crippen LogP contribution >= 0.6 is 0 Å². The van der Waals surface area contributed by atoms with Crippen molar-refractivity contribution >= 4 is 68.3 Å². The molecule has 0 radical (unpaired) electrons. The van der Waals surface area contributed by atoms with Crippen LogP contribution in [0.15, 0.2) is 30.3 Å². The van der Waals surface area contributed by atoms with Gasteiger partial charge in [0, 0.05) is 13.0 Å². The van der Waals surface area contributed by atoms with E-state index in [1.807, 2.05) is 0 Å². The van der Waals surface area contributed by atoms with Crippen LogP contribution < -0.4 is 5.32 Å². The number of nitrogens with one attached hydrogen (secondary N) is 1. The minimum atomic E-state index is -6.05. The summed E-state index contributed by atoms with van der Waals surface area (Å²) in [5.74, 6) is -2.14. The summed E-state index contributed by atoms with van der Waals surface area (Å²) < 4.78 is 228. The smallest absolute Gasteiger partial charge is 0.351 e. The van der Waals surface area contributed by atoms with E-state index in [-0.39, 0.29) is 6.61 Å². The molecule has 7 N–H and O–H groups in total. The topological polar surface area (TPSA) is 429 Å². The van der Waals surface area contributed by atoms with Gasteiger partial charge in [-0.05, 0) is 5.56 Å². The second kappa shape index (κ2) is 18.0. The van der Waals surface area contributed by atoms with E-state index in [1.54, 1.807) is 23.5 Å². The lowest BCUT2D eigenvalue weighted by atomic mass is 10.0. The molecule has 1 amide bonds. The Morgan fingerprint density at radius 2 is 1.27 bits per heavy atom. The van der Waals surface area contributed by atoms with Crippen molar-refractivity contribution < 1.29 is 117 Å². The van der Waals surface area contributed by atoms with Crippen LogP contribution in [0.5, 0.6) is 0 Å². The van der Waals surface area contributed by atoms with Gasteiger partial charge in [0.25, 0.3) is 5.91 Å². The Morgan fingerprint density at radius 3 is 1.75 bits per heavy atom. The first-order valence-corrected chi connectivity index (χ1v) is 21.1. The van der Waals surface area contributed by atoms with Gasteiger partial charge in [-0.1, -0.05) is 30.3 Å².